The number of para-hydroxylation sites is 1. The van der Waals surface area contributed by atoms with Crippen LogP contribution in [0, 0.1) is 0 Å². The third-order valence-electron chi connectivity index (χ3n) is 3.19. The number of carbonyl (C=O) groups excluding carboxylic acids is 1. The van der Waals surface area contributed by atoms with E-state index in [1.807, 2.05) is 12.1 Å². The minimum Gasteiger partial charge on any atom is -0.481 e. The zero-order valence-corrected chi connectivity index (χ0v) is 12.3. The Hall–Kier alpha value is -2.15. The minimum absolute atomic E-state index is 0.0198. The van der Waals surface area contributed by atoms with Gasteiger partial charge in [-0.3, -0.25) is 9.59 Å². The Morgan fingerprint density at radius 3 is 2.52 bits per heavy atom. The highest BCUT2D eigenvalue weighted by atomic mass is 32.2. The summed E-state index contributed by atoms with van der Waals surface area (Å²) in [5.41, 5.74) is 1.50. The maximum Gasteiger partial charge on any atom is 0.303 e. The molecular formula is C14H15NO5S. The summed E-state index contributed by atoms with van der Waals surface area (Å²) in [6.45, 7) is -0.271. The number of carboxylic acid groups (broad SMARTS) is 1. The summed E-state index contributed by atoms with van der Waals surface area (Å²) < 4.78 is 24.1. The normalized spacial score (nSPS) is 11.7. The van der Waals surface area contributed by atoms with Crippen molar-refractivity contribution in [2.75, 3.05) is 6.26 Å². The first-order valence-electron chi connectivity index (χ1n) is 6.30. The van der Waals surface area contributed by atoms with Crippen molar-refractivity contribution in [1.29, 1.82) is 0 Å². The molecular weight excluding hydrogens is 294 g/mol. The molecule has 0 unspecified atom stereocenters. The molecule has 1 heterocycles. The smallest absolute Gasteiger partial charge is 0.303 e. The summed E-state index contributed by atoms with van der Waals surface area (Å²) in [6, 6.07) is 7.20. The number of fused-ring (bicyclic) bond motifs is 1. The number of carbonyl (C=O) groups is 2. The van der Waals surface area contributed by atoms with Crippen LogP contribution in [-0.2, 0) is 32.4 Å². The van der Waals surface area contributed by atoms with Crippen molar-refractivity contribution in [2.24, 2.45) is 0 Å². The summed E-state index contributed by atoms with van der Waals surface area (Å²) in [5, 5.41) is 8.73. The summed E-state index contributed by atoms with van der Waals surface area (Å²) in [6.07, 6.45) is 2.84. The van der Waals surface area contributed by atoms with Gasteiger partial charge in [-0.15, -0.1) is 0 Å². The first kappa shape index (κ1) is 15.2. The fourth-order valence-corrected chi connectivity index (χ4v) is 2.52. The average Bonchev–Trinajstić information content (AvgIpc) is 2.74. The van der Waals surface area contributed by atoms with Crippen LogP contribution in [0.25, 0.3) is 10.9 Å². The van der Waals surface area contributed by atoms with Crippen molar-refractivity contribution < 1.29 is 23.1 Å². The molecule has 0 atom stereocenters. The molecule has 7 heteroatoms. The van der Waals surface area contributed by atoms with Gasteiger partial charge in [-0.05, 0) is 18.1 Å². The van der Waals surface area contributed by atoms with Gasteiger partial charge in [-0.2, -0.15) is 0 Å². The fourth-order valence-electron chi connectivity index (χ4n) is 2.15. The van der Waals surface area contributed by atoms with Gasteiger partial charge < -0.3 is 9.67 Å². The summed E-state index contributed by atoms with van der Waals surface area (Å²) >= 11 is 0. The molecule has 21 heavy (non-hydrogen) atoms. The number of hydrogen-bond acceptors (Lipinski definition) is 4. The first-order valence-corrected chi connectivity index (χ1v) is 8.19. The molecule has 1 N–H and O–H groups in total. The molecule has 6 nitrogen and oxygen atoms in total. The molecule has 1 aromatic carbocycles. The topological polar surface area (TPSA) is 93.4 Å². The second-order valence-electron chi connectivity index (χ2n) is 4.84. The quantitative estimate of drug-likeness (QED) is 0.896. The molecule has 0 aliphatic rings. The molecule has 2 rings (SSSR count). The molecule has 0 saturated carbocycles. The molecule has 0 aliphatic heterocycles. The van der Waals surface area contributed by atoms with E-state index in [9.17, 15) is 18.0 Å². The predicted octanol–water partition coefficient (Wildman–Crippen LogP) is 1.23. The second-order valence-corrected chi connectivity index (χ2v) is 6.84. The number of nitrogens with zero attached hydrogens (tertiary/aromatic N) is 1. The third kappa shape index (κ3) is 3.49. The molecule has 0 spiro atoms. The Morgan fingerprint density at radius 2 is 1.90 bits per heavy atom. The van der Waals surface area contributed by atoms with Crippen molar-refractivity contribution in [2.45, 2.75) is 19.4 Å². The number of hydrogen-bond donors (Lipinski definition) is 1. The van der Waals surface area contributed by atoms with Crippen LogP contribution in [0.5, 0.6) is 0 Å². The van der Waals surface area contributed by atoms with E-state index in [0.29, 0.717) is 6.42 Å². The van der Waals surface area contributed by atoms with E-state index >= 15 is 0 Å². The van der Waals surface area contributed by atoms with Gasteiger partial charge in [0.05, 0.1) is 6.54 Å². The van der Waals surface area contributed by atoms with Gasteiger partial charge in [0.1, 0.15) is 0 Å². The van der Waals surface area contributed by atoms with Gasteiger partial charge in [0, 0.05) is 29.8 Å². The molecule has 0 fully saturated rings. The second kappa shape index (κ2) is 5.69. The van der Waals surface area contributed by atoms with Gasteiger partial charge in [-0.25, -0.2) is 8.42 Å². The van der Waals surface area contributed by atoms with E-state index < -0.39 is 20.9 Å². The van der Waals surface area contributed by atoms with E-state index in [-0.39, 0.29) is 13.0 Å². The lowest BCUT2D eigenvalue weighted by Crippen LogP contribution is -2.18. The van der Waals surface area contributed by atoms with Gasteiger partial charge in [0.25, 0.3) is 5.12 Å². The minimum atomic E-state index is -3.74. The monoisotopic (exact) mass is 309 g/mol. The van der Waals surface area contributed by atoms with Crippen LogP contribution in [0.3, 0.4) is 0 Å². The lowest BCUT2D eigenvalue weighted by molar-refractivity contribution is -0.137. The van der Waals surface area contributed by atoms with Gasteiger partial charge >= 0.3 is 5.97 Å². The van der Waals surface area contributed by atoms with Crippen molar-refractivity contribution >= 4 is 31.8 Å². The van der Waals surface area contributed by atoms with Crippen molar-refractivity contribution in [3.05, 3.63) is 36.0 Å². The lowest BCUT2D eigenvalue weighted by atomic mass is 10.1. The van der Waals surface area contributed by atoms with Crippen LogP contribution in [0.4, 0.5) is 0 Å². The third-order valence-corrected chi connectivity index (χ3v) is 4.15. The number of aliphatic carboxylic acids is 1. The fraction of sp³-hybridized carbons (Fsp3) is 0.286. The van der Waals surface area contributed by atoms with Gasteiger partial charge in [0.2, 0.25) is 9.84 Å². The Balaban J connectivity index is 2.40. The number of sulfone groups is 1. The Morgan fingerprint density at radius 1 is 1.24 bits per heavy atom. The summed E-state index contributed by atoms with van der Waals surface area (Å²) in [5.74, 6) is -0.904. The maximum atomic E-state index is 11.7. The SMILES string of the molecule is CS(=O)(=O)C(=O)Cn1cc(CCC(=O)O)c2ccccc21. The first-order chi connectivity index (χ1) is 9.79. The van der Waals surface area contributed by atoms with E-state index in [4.69, 9.17) is 5.11 Å². The van der Waals surface area contributed by atoms with Crippen molar-refractivity contribution in [1.82, 2.24) is 4.57 Å². The molecule has 0 radical (unpaired) electrons. The van der Waals surface area contributed by atoms with Crippen LogP contribution >= 0.6 is 0 Å². The average molecular weight is 309 g/mol. The van der Waals surface area contributed by atoms with E-state index in [2.05, 4.69) is 0 Å². The highest BCUT2D eigenvalue weighted by Gasteiger charge is 2.18. The van der Waals surface area contributed by atoms with Gasteiger partial charge in [0.15, 0.2) is 0 Å². The van der Waals surface area contributed by atoms with E-state index in [1.165, 1.54) is 0 Å². The molecule has 0 aliphatic carbocycles. The largest absolute Gasteiger partial charge is 0.481 e. The van der Waals surface area contributed by atoms with E-state index in [1.54, 1.807) is 22.9 Å². The zero-order valence-electron chi connectivity index (χ0n) is 11.4. The standard InChI is InChI=1S/C14H15NO5S/c1-21(19,20)14(18)9-15-8-10(6-7-13(16)17)11-4-2-3-5-12(11)15/h2-5,8H,6-7,9H2,1H3,(H,16,17). The van der Waals surface area contributed by atoms with E-state index in [0.717, 1.165) is 22.7 Å². The molecule has 0 amide bonds. The highest BCUT2D eigenvalue weighted by molar-refractivity contribution is 8.05. The summed E-state index contributed by atoms with van der Waals surface area (Å²) in [7, 11) is -3.74. The van der Waals surface area contributed by atoms with Crippen LogP contribution in [0.15, 0.2) is 30.5 Å². The van der Waals surface area contributed by atoms with Crippen LogP contribution in [-0.4, -0.2) is 35.4 Å². The maximum absolute atomic E-state index is 11.7. The zero-order chi connectivity index (χ0) is 15.6. The summed E-state index contributed by atoms with van der Waals surface area (Å²) in [4.78, 5) is 22.3. The number of rotatable bonds is 5. The van der Waals surface area contributed by atoms with Crippen molar-refractivity contribution in [3.63, 3.8) is 0 Å². The number of aryl methyl sites for hydroxylation is 1. The number of carboxylic acids is 1. The number of aromatic nitrogens is 1. The predicted molar refractivity (Wildman–Crippen MR) is 77.7 cm³/mol. The molecule has 2 aromatic rings. The van der Waals surface area contributed by atoms with Crippen molar-refractivity contribution in [3.8, 4) is 0 Å². The Labute approximate surface area is 121 Å². The lowest BCUT2D eigenvalue weighted by Gasteiger charge is -2.02. The molecule has 0 saturated heterocycles. The Bertz CT molecular complexity index is 804. The molecule has 112 valence electrons. The van der Waals surface area contributed by atoms with Crippen LogP contribution in [0.2, 0.25) is 0 Å². The van der Waals surface area contributed by atoms with Gasteiger partial charge in [-0.1, -0.05) is 18.2 Å². The molecule has 1 aromatic heterocycles. The van der Waals surface area contributed by atoms with Crippen LogP contribution < -0.4 is 0 Å². The Kier molecular flexibility index (Phi) is 4.13. The van der Waals surface area contributed by atoms with Crippen LogP contribution in [0.1, 0.15) is 12.0 Å². The molecule has 0 bridgehead atoms. The highest BCUT2D eigenvalue weighted by Crippen LogP contribution is 2.22. The number of benzene rings is 1.